The Morgan fingerprint density at radius 2 is 2.18 bits per heavy atom. The van der Waals surface area contributed by atoms with E-state index in [-0.39, 0.29) is 11.9 Å². The third kappa shape index (κ3) is 3.25. The molecule has 0 amide bonds. The van der Waals surface area contributed by atoms with E-state index in [1.807, 2.05) is 13.8 Å². The van der Waals surface area contributed by atoms with Crippen LogP contribution in [0, 0.1) is 5.92 Å². The third-order valence-corrected chi connectivity index (χ3v) is 1.37. The highest BCUT2D eigenvalue weighted by Gasteiger charge is 2.21. The zero-order chi connectivity index (χ0) is 8.85. The van der Waals surface area contributed by atoms with Crippen LogP contribution in [0.4, 0.5) is 0 Å². The predicted molar refractivity (Wildman–Crippen MR) is 45.7 cm³/mol. The third-order valence-electron chi connectivity index (χ3n) is 1.27. The van der Waals surface area contributed by atoms with Gasteiger partial charge in [0.15, 0.2) is 6.04 Å². The van der Waals surface area contributed by atoms with Crippen molar-refractivity contribution in [2.45, 2.75) is 19.9 Å². The Balaban J connectivity index is 4.33. The molecule has 0 aliphatic carbocycles. The number of methoxy groups -OCH3 is 1. The zero-order valence-electron chi connectivity index (χ0n) is 6.83. The van der Waals surface area contributed by atoms with Gasteiger partial charge in [0, 0.05) is 0 Å². The summed E-state index contributed by atoms with van der Waals surface area (Å²) in [6, 6.07) is -0.502. The van der Waals surface area contributed by atoms with Crippen LogP contribution in [0.15, 0.2) is 4.99 Å². The van der Waals surface area contributed by atoms with E-state index < -0.39 is 6.04 Å². The number of hydrogen-bond donors (Lipinski definition) is 0. The van der Waals surface area contributed by atoms with Gasteiger partial charge in [-0.1, -0.05) is 13.8 Å². The molecular weight excluding hydrogens is 162 g/mol. The molecule has 0 radical (unpaired) electrons. The summed E-state index contributed by atoms with van der Waals surface area (Å²) in [6.07, 6.45) is 0. The van der Waals surface area contributed by atoms with E-state index in [0.717, 1.165) is 0 Å². The van der Waals surface area contributed by atoms with E-state index in [2.05, 4.69) is 27.1 Å². The van der Waals surface area contributed by atoms with Crippen molar-refractivity contribution in [3.8, 4) is 0 Å². The van der Waals surface area contributed by atoms with Gasteiger partial charge in [0.1, 0.15) is 0 Å². The van der Waals surface area contributed by atoms with E-state index in [1.54, 1.807) is 0 Å². The van der Waals surface area contributed by atoms with Gasteiger partial charge in [-0.15, -0.1) is 0 Å². The second-order valence-corrected chi connectivity index (χ2v) is 2.61. The largest absolute Gasteiger partial charge is 0.467 e. The van der Waals surface area contributed by atoms with Crippen molar-refractivity contribution < 1.29 is 9.53 Å². The minimum atomic E-state index is -0.502. The van der Waals surface area contributed by atoms with Gasteiger partial charge in [-0.2, -0.15) is 0 Å². The SMILES string of the molecule is COC(=O)[C@@H](N=C=S)C(C)C. The molecule has 0 fully saturated rings. The summed E-state index contributed by atoms with van der Waals surface area (Å²) in [5, 5.41) is 2.17. The van der Waals surface area contributed by atoms with Crippen molar-refractivity contribution in [3.63, 3.8) is 0 Å². The second-order valence-electron chi connectivity index (χ2n) is 2.43. The molecule has 0 aromatic rings. The van der Waals surface area contributed by atoms with Crippen molar-refractivity contribution in [1.82, 2.24) is 0 Å². The van der Waals surface area contributed by atoms with Gasteiger partial charge in [-0.25, -0.2) is 9.79 Å². The zero-order valence-corrected chi connectivity index (χ0v) is 7.64. The van der Waals surface area contributed by atoms with Crippen molar-refractivity contribution in [2.24, 2.45) is 10.9 Å². The molecule has 0 aromatic heterocycles. The van der Waals surface area contributed by atoms with Crippen LogP contribution in [-0.2, 0) is 9.53 Å². The van der Waals surface area contributed by atoms with Gasteiger partial charge in [0.05, 0.1) is 12.3 Å². The molecule has 11 heavy (non-hydrogen) atoms. The summed E-state index contributed by atoms with van der Waals surface area (Å²) >= 11 is 4.39. The first-order chi connectivity index (χ1) is 5.13. The van der Waals surface area contributed by atoms with E-state index in [0.29, 0.717) is 0 Å². The van der Waals surface area contributed by atoms with Crippen LogP contribution in [0.1, 0.15) is 13.8 Å². The highest BCUT2D eigenvalue weighted by molar-refractivity contribution is 7.78. The maximum atomic E-state index is 10.9. The molecule has 0 saturated carbocycles. The monoisotopic (exact) mass is 173 g/mol. The van der Waals surface area contributed by atoms with Gasteiger partial charge in [-0.05, 0) is 18.1 Å². The smallest absolute Gasteiger partial charge is 0.331 e. The Kier molecular flexibility index (Phi) is 4.66. The molecule has 0 aliphatic rings. The van der Waals surface area contributed by atoms with E-state index in [1.165, 1.54) is 7.11 Å². The average Bonchev–Trinajstić information content (AvgIpc) is 1.98. The minimum absolute atomic E-state index is 0.0953. The number of isothiocyanates is 1. The summed E-state index contributed by atoms with van der Waals surface area (Å²) in [7, 11) is 1.33. The molecule has 1 atom stereocenters. The molecule has 0 bridgehead atoms. The number of carbonyl (C=O) groups excluding carboxylic acids is 1. The van der Waals surface area contributed by atoms with Crippen LogP contribution < -0.4 is 0 Å². The van der Waals surface area contributed by atoms with Gasteiger partial charge in [0.2, 0.25) is 0 Å². The van der Waals surface area contributed by atoms with Gasteiger partial charge >= 0.3 is 5.97 Å². The maximum Gasteiger partial charge on any atom is 0.331 e. The number of hydrogen-bond acceptors (Lipinski definition) is 4. The Morgan fingerprint density at radius 1 is 1.64 bits per heavy atom. The van der Waals surface area contributed by atoms with Crippen LogP contribution in [0.3, 0.4) is 0 Å². The van der Waals surface area contributed by atoms with E-state index in [4.69, 9.17) is 0 Å². The van der Waals surface area contributed by atoms with Crippen LogP contribution in [-0.4, -0.2) is 24.3 Å². The Morgan fingerprint density at radius 3 is 2.45 bits per heavy atom. The van der Waals surface area contributed by atoms with Crippen molar-refractivity contribution >= 4 is 23.3 Å². The summed E-state index contributed by atoms with van der Waals surface area (Å²) in [6.45, 7) is 3.75. The maximum absolute atomic E-state index is 10.9. The Labute approximate surface area is 71.5 Å². The molecular formula is C7H11NO2S. The van der Waals surface area contributed by atoms with E-state index >= 15 is 0 Å². The summed E-state index contributed by atoms with van der Waals surface area (Å²) in [5.74, 6) is -0.268. The van der Waals surface area contributed by atoms with Gasteiger partial charge < -0.3 is 4.74 Å². The standard InChI is InChI=1S/C7H11NO2S/c1-5(2)6(8-4-11)7(9)10-3/h5-6H,1-3H3/t6-/m0/s1. The fraction of sp³-hybridized carbons (Fsp3) is 0.714. The minimum Gasteiger partial charge on any atom is -0.467 e. The molecule has 3 nitrogen and oxygen atoms in total. The highest BCUT2D eigenvalue weighted by atomic mass is 32.1. The van der Waals surface area contributed by atoms with Gasteiger partial charge in [-0.3, -0.25) is 0 Å². The Hall–Kier alpha value is -0.730. The van der Waals surface area contributed by atoms with Crippen LogP contribution in [0.5, 0.6) is 0 Å². The summed E-state index contributed by atoms with van der Waals surface area (Å²) < 4.78 is 4.51. The number of ether oxygens (including phenoxy) is 1. The number of rotatable bonds is 3. The normalized spacial score (nSPS) is 12.0. The molecule has 0 aromatic carbocycles. The van der Waals surface area contributed by atoms with E-state index in [9.17, 15) is 4.79 Å². The second kappa shape index (κ2) is 4.99. The fourth-order valence-corrected chi connectivity index (χ4v) is 0.765. The van der Waals surface area contributed by atoms with Crippen LogP contribution in [0.2, 0.25) is 0 Å². The topological polar surface area (TPSA) is 38.7 Å². The highest BCUT2D eigenvalue weighted by Crippen LogP contribution is 2.06. The summed E-state index contributed by atoms with van der Waals surface area (Å²) in [5.41, 5.74) is 0. The van der Waals surface area contributed by atoms with Crippen LogP contribution >= 0.6 is 12.2 Å². The average molecular weight is 173 g/mol. The number of aliphatic imine (C=N–C) groups is 1. The van der Waals surface area contributed by atoms with Crippen molar-refractivity contribution in [2.75, 3.05) is 7.11 Å². The quantitative estimate of drug-likeness (QED) is 0.366. The first kappa shape index (κ1) is 10.3. The van der Waals surface area contributed by atoms with Crippen LogP contribution in [0.25, 0.3) is 0 Å². The lowest BCUT2D eigenvalue weighted by molar-refractivity contribution is -0.143. The predicted octanol–water partition coefficient (Wildman–Crippen LogP) is 1.29. The first-order valence-electron chi connectivity index (χ1n) is 3.28. The Bertz CT molecular complexity index is 185. The lowest BCUT2D eigenvalue weighted by Crippen LogP contribution is -2.25. The lowest BCUT2D eigenvalue weighted by atomic mass is 10.1. The fourth-order valence-electron chi connectivity index (χ4n) is 0.651. The molecule has 0 heterocycles. The van der Waals surface area contributed by atoms with Gasteiger partial charge in [0.25, 0.3) is 0 Å². The number of esters is 1. The molecule has 0 unspecified atom stereocenters. The number of thiocarbonyl (C=S) groups is 1. The summed E-state index contributed by atoms with van der Waals surface area (Å²) in [4.78, 5) is 14.6. The molecule has 4 heteroatoms. The molecule has 62 valence electrons. The molecule has 0 spiro atoms. The van der Waals surface area contributed by atoms with Crippen molar-refractivity contribution in [1.29, 1.82) is 0 Å². The molecule has 0 aliphatic heterocycles. The first-order valence-corrected chi connectivity index (χ1v) is 3.69. The number of carbonyl (C=O) groups is 1. The molecule has 0 rings (SSSR count). The number of nitrogens with zero attached hydrogens (tertiary/aromatic N) is 1. The molecule has 0 N–H and O–H groups in total. The molecule has 0 saturated heterocycles. The lowest BCUT2D eigenvalue weighted by Gasteiger charge is -2.11. The van der Waals surface area contributed by atoms with Crippen molar-refractivity contribution in [3.05, 3.63) is 0 Å².